The summed E-state index contributed by atoms with van der Waals surface area (Å²) < 4.78 is 0. The number of nitrogens with one attached hydrogen (secondary N) is 2. The van der Waals surface area contributed by atoms with E-state index in [1.807, 2.05) is 23.6 Å². The Morgan fingerprint density at radius 3 is 2.41 bits per heavy atom. The highest BCUT2D eigenvalue weighted by Gasteiger charge is 2.16. The first-order chi connectivity index (χ1) is 13.2. The van der Waals surface area contributed by atoms with Crippen LogP contribution in [-0.2, 0) is 0 Å². The summed E-state index contributed by atoms with van der Waals surface area (Å²) >= 11 is 1.46. The summed E-state index contributed by atoms with van der Waals surface area (Å²) in [5.74, 6) is -0.152. The average Bonchev–Trinajstić information content (AvgIpc) is 3.24. The molecule has 1 aromatic heterocycles. The molecule has 0 saturated carbocycles. The van der Waals surface area contributed by atoms with Crippen molar-refractivity contribution >= 4 is 28.8 Å². The Labute approximate surface area is 163 Å². The molecule has 0 unspecified atom stereocenters. The van der Waals surface area contributed by atoms with Gasteiger partial charge in [0.2, 0.25) is 0 Å². The van der Waals surface area contributed by atoms with Gasteiger partial charge in [0.05, 0.1) is 16.8 Å². The molecule has 1 heterocycles. The third-order valence-corrected chi connectivity index (χ3v) is 5.16. The van der Waals surface area contributed by atoms with Crippen LogP contribution in [0.25, 0.3) is 0 Å². The molecule has 27 heavy (non-hydrogen) atoms. The van der Waals surface area contributed by atoms with Gasteiger partial charge in [-0.25, -0.2) is 0 Å². The summed E-state index contributed by atoms with van der Waals surface area (Å²) in [6.45, 7) is 2.66. The molecule has 4 nitrogen and oxygen atoms in total. The van der Waals surface area contributed by atoms with Crippen molar-refractivity contribution in [2.24, 2.45) is 0 Å². The van der Waals surface area contributed by atoms with Gasteiger partial charge in [0.1, 0.15) is 0 Å². The van der Waals surface area contributed by atoms with Gasteiger partial charge in [-0.15, -0.1) is 0 Å². The summed E-state index contributed by atoms with van der Waals surface area (Å²) in [6.07, 6.45) is 0.931. The second kappa shape index (κ2) is 9.14. The number of hydrogen-bond acceptors (Lipinski definition) is 3. The first-order valence-corrected chi connectivity index (χ1v) is 9.89. The van der Waals surface area contributed by atoms with Crippen molar-refractivity contribution in [3.63, 3.8) is 0 Å². The second-order valence-corrected chi connectivity index (χ2v) is 7.02. The molecule has 0 bridgehead atoms. The summed E-state index contributed by atoms with van der Waals surface area (Å²) in [7, 11) is 0. The van der Waals surface area contributed by atoms with Crippen LogP contribution in [0.15, 0.2) is 71.4 Å². The van der Waals surface area contributed by atoms with Crippen LogP contribution in [-0.4, -0.2) is 18.4 Å². The van der Waals surface area contributed by atoms with Gasteiger partial charge in [-0.05, 0) is 35.6 Å². The molecule has 0 spiro atoms. The van der Waals surface area contributed by atoms with E-state index in [0.29, 0.717) is 23.4 Å². The van der Waals surface area contributed by atoms with E-state index in [0.717, 1.165) is 6.42 Å². The molecule has 138 valence electrons. The molecule has 2 N–H and O–H groups in total. The van der Waals surface area contributed by atoms with Crippen LogP contribution in [0, 0.1) is 0 Å². The Balaban J connectivity index is 1.69. The van der Waals surface area contributed by atoms with Gasteiger partial charge in [0.25, 0.3) is 11.8 Å². The van der Waals surface area contributed by atoms with Crippen molar-refractivity contribution in [1.29, 1.82) is 0 Å². The summed E-state index contributed by atoms with van der Waals surface area (Å²) in [5, 5.41) is 9.47. The van der Waals surface area contributed by atoms with Crippen molar-refractivity contribution < 1.29 is 9.59 Å². The monoisotopic (exact) mass is 378 g/mol. The first-order valence-electron chi connectivity index (χ1n) is 8.94. The highest BCUT2D eigenvalue weighted by molar-refractivity contribution is 7.08. The fourth-order valence-electron chi connectivity index (χ4n) is 2.91. The van der Waals surface area contributed by atoms with E-state index in [1.54, 1.807) is 35.7 Å². The topological polar surface area (TPSA) is 58.2 Å². The molecule has 1 atom stereocenters. The Kier molecular flexibility index (Phi) is 6.39. The van der Waals surface area contributed by atoms with Crippen molar-refractivity contribution in [3.8, 4) is 0 Å². The molecule has 0 fully saturated rings. The molecule has 3 aromatic rings. The van der Waals surface area contributed by atoms with Gasteiger partial charge < -0.3 is 10.6 Å². The molecule has 5 heteroatoms. The van der Waals surface area contributed by atoms with Crippen molar-refractivity contribution in [1.82, 2.24) is 5.32 Å². The van der Waals surface area contributed by atoms with Crippen LogP contribution in [0.5, 0.6) is 0 Å². The fourth-order valence-corrected chi connectivity index (χ4v) is 3.55. The molecule has 2 amide bonds. The fraction of sp³-hybridized carbons (Fsp3) is 0.182. The van der Waals surface area contributed by atoms with Crippen molar-refractivity contribution in [3.05, 3.63) is 88.1 Å². The van der Waals surface area contributed by atoms with E-state index in [2.05, 4.69) is 29.7 Å². The number of rotatable bonds is 7. The Morgan fingerprint density at radius 2 is 1.70 bits per heavy atom. The Bertz CT molecular complexity index is 892. The molecular weight excluding hydrogens is 356 g/mol. The number of amides is 2. The standard InChI is InChI=1S/C22H22N2O2S/c1-2-16(17-8-4-3-5-9-17)14-23-22(26)19-10-6-7-11-20(19)24-21(25)18-12-13-27-15-18/h3-13,15-16H,2,14H2,1H3,(H,23,26)(H,24,25)/t16-/m0/s1. The highest BCUT2D eigenvalue weighted by atomic mass is 32.1. The van der Waals surface area contributed by atoms with Crippen molar-refractivity contribution in [2.45, 2.75) is 19.3 Å². The van der Waals surface area contributed by atoms with Gasteiger partial charge in [-0.2, -0.15) is 11.3 Å². The van der Waals surface area contributed by atoms with Crippen LogP contribution < -0.4 is 10.6 Å². The SMILES string of the molecule is CC[C@@H](CNC(=O)c1ccccc1NC(=O)c1ccsc1)c1ccccc1. The van der Waals surface area contributed by atoms with Gasteiger partial charge in [0.15, 0.2) is 0 Å². The molecule has 3 rings (SSSR count). The van der Waals surface area contributed by atoms with E-state index in [4.69, 9.17) is 0 Å². The maximum Gasteiger partial charge on any atom is 0.256 e. The zero-order chi connectivity index (χ0) is 19.1. The minimum atomic E-state index is -0.216. The lowest BCUT2D eigenvalue weighted by molar-refractivity contribution is 0.0952. The first kappa shape index (κ1) is 18.9. The number of carbonyl (C=O) groups is 2. The lowest BCUT2D eigenvalue weighted by Gasteiger charge is -2.17. The Morgan fingerprint density at radius 1 is 0.963 bits per heavy atom. The van der Waals surface area contributed by atoms with Gasteiger partial charge in [-0.3, -0.25) is 9.59 Å². The van der Waals surface area contributed by atoms with E-state index >= 15 is 0 Å². The second-order valence-electron chi connectivity index (χ2n) is 6.24. The van der Waals surface area contributed by atoms with Gasteiger partial charge in [0, 0.05) is 17.8 Å². The zero-order valence-electron chi connectivity index (χ0n) is 15.1. The normalized spacial score (nSPS) is 11.6. The van der Waals surface area contributed by atoms with Crippen LogP contribution >= 0.6 is 11.3 Å². The van der Waals surface area contributed by atoms with E-state index in [9.17, 15) is 9.59 Å². The van der Waals surface area contributed by atoms with Crippen LogP contribution in [0.4, 0.5) is 5.69 Å². The summed E-state index contributed by atoms with van der Waals surface area (Å²) in [6, 6.07) is 19.0. The molecule has 0 radical (unpaired) electrons. The van der Waals surface area contributed by atoms with Gasteiger partial charge in [-0.1, -0.05) is 49.4 Å². The number of benzene rings is 2. The molecule has 0 saturated heterocycles. The minimum absolute atomic E-state index is 0.189. The number of para-hydroxylation sites is 1. The maximum absolute atomic E-state index is 12.7. The van der Waals surface area contributed by atoms with Crippen LogP contribution in [0.2, 0.25) is 0 Å². The zero-order valence-corrected chi connectivity index (χ0v) is 16.0. The Hall–Kier alpha value is -2.92. The lowest BCUT2D eigenvalue weighted by Crippen LogP contribution is -2.29. The summed E-state index contributed by atoms with van der Waals surface area (Å²) in [4.78, 5) is 25.0. The number of thiophene rings is 1. The molecule has 2 aromatic carbocycles. The predicted octanol–water partition coefficient (Wildman–Crippen LogP) is 4.92. The van der Waals surface area contributed by atoms with Crippen LogP contribution in [0.1, 0.15) is 45.5 Å². The van der Waals surface area contributed by atoms with Crippen molar-refractivity contribution in [2.75, 3.05) is 11.9 Å². The third kappa shape index (κ3) is 4.83. The molecule has 0 aliphatic carbocycles. The number of carbonyl (C=O) groups excluding carboxylic acids is 2. The van der Waals surface area contributed by atoms with Gasteiger partial charge >= 0.3 is 0 Å². The predicted molar refractivity (Wildman–Crippen MR) is 111 cm³/mol. The smallest absolute Gasteiger partial charge is 0.256 e. The molecule has 0 aliphatic heterocycles. The highest BCUT2D eigenvalue weighted by Crippen LogP contribution is 2.20. The molecule has 0 aliphatic rings. The number of anilines is 1. The van der Waals surface area contributed by atoms with E-state index in [-0.39, 0.29) is 17.7 Å². The largest absolute Gasteiger partial charge is 0.351 e. The summed E-state index contributed by atoms with van der Waals surface area (Å²) in [5.41, 5.74) is 2.77. The third-order valence-electron chi connectivity index (χ3n) is 4.48. The molecular formula is C22H22N2O2S. The van der Waals surface area contributed by atoms with Crippen LogP contribution in [0.3, 0.4) is 0 Å². The lowest BCUT2D eigenvalue weighted by atomic mass is 9.96. The number of hydrogen-bond donors (Lipinski definition) is 2. The minimum Gasteiger partial charge on any atom is -0.351 e. The van der Waals surface area contributed by atoms with E-state index < -0.39 is 0 Å². The quantitative estimate of drug-likeness (QED) is 0.613. The average molecular weight is 378 g/mol. The maximum atomic E-state index is 12.7. The van der Waals surface area contributed by atoms with E-state index in [1.165, 1.54) is 16.9 Å².